The Morgan fingerprint density at radius 1 is 1.33 bits per heavy atom. The number of unbranched alkanes of at least 4 members (excludes halogenated alkanes) is 1. The number of nitrogens with zero attached hydrogens (tertiary/aromatic N) is 1. The number of rotatable bonds is 5. The van der Waals surface area contributed by atoms with Crippen LogP contribution in [-0.4, -0.2) is 5.84 Å². The predicted octanol–water partition coefficient (Wildman–Crippen LogP) is 4.93. The van der Waals surface area contributed by atoms with E-state index in [4.69, 9.17) is 28.9 Å². The zero-order valence-corrected chi connectivity index (χ0v) is 12.5. The predicted molar refractivity (Wildman–Crippen MR) is 83.9 cm³/mol. The highest BCUT2D eigenvalue weighted by Crippen LogP contribution is 2.23. The second kappa shape index (κ2) is 9.26. The average molecular weight is 308 g/mol. The monoisotopic (exact) mass is 306 g/mol. The third-order valence-corrected chi connectivity index (χ3v) is 2.98. The Morgan fingerprint density at radius 3 is 2.67 bits per heavy atom. The maximum absolute atomic E-state index is 5.90. The van der Waals surface area contributed by atoms with Crippen molar-refractivity contribution >= 4 is 47.5 Å². The Morgan fingerprint density at radius 2 is 2.06 bits per heavy atom. The lowest BCUT2D eigenvalue weighted by molar-refractivity contribution is 0.831. The Hall–Kier alpha value is -0.700. The van der Waals surface area contributed by atoms with E-state index in [0.717, 1.165) is 24.8 Å². The van der Waals surface area contributed by atoms with Gasteiger partial charge in [0.2, 0.25) is 0 Å². The van der Waals surface area contributed by atoms with Crippen molar-refractivity contribution in [3.05, 3.63) is 40.0 Å². The number of benzene rings is 1. The molecule has 2 nitrogen and oxygen atoms in total. The van der Waals surface area contributed by atoms with Crippen LogP contribution in [0.2, 0.25) is 10.0 Å². The molecular formula is C13H17Cl3N2. The summed E-state index contributed by atoms with van der Waals surface area (Å²) in [6.45, 7) is 2.12. The molecule has 100 valence electrons. The lowest BCUT2D eigenvalue weighted by atomic mass is 10.2. The van der Waals surface area contributed by atoms with Crippen molar-refractivity contribution in [1.82, 2.24) is 0 Å². The number of nitrogens with two attached hydrogens (primary N) is 1. The summed E-state index contributed by atoms with van der Waals surface area (Å²) in [7, 11) is 0. The lowest BCUT2D eigenvalue weighted by Crippen LogP contribution is -2.10. The summed E-state index contributed by atoms with van der Waals surface area (Å²) in [5.41, 5.74) is 6.68. The van der Waals surface area contributed by atoms with Crippen LogP contribution in [0.4, 0.5) is 0 Å². The molecule has 0 fully saturated rings. The van der Waals surface area contributed by atoms with Gasteiger partial charge in [-0.1, -0.05) is 42.6 Å². The molecule has 0 bridgehead atoms. The van der Waals surface area contributed by atoms with Crippen LogP contribution < -0.4 is 5.73 Å². The Kier molecular flexibility index (Phi) is 8.90. The molecule has 0 aliphatic heterocycles. The molecule has 0 saturated heterocycles. The van der Waals surface area contributed by atoms with Crippen molar-refractivity contribution in [2.75, 3.05) is 0 Å². The van der Waals surface area contributed by atoms with Gasteiger partial charge in [0, 0.05) is 12.6 Å². The standard InChI is InChI=1S/C13H16Cl2N2.ClH/c1-2-3-4-13(16)17-8-7-10-5-6-11(14)12(15)9-10;/h5-9H,2-4H2,1H3,(H2,16,17);1H. The number of hydrogen-bond donors (Lipinski definition) is 1. The van der Waals surface area contributed by atoms with Crippen LogP contribution in [0.25, 0.3) is 6.08 Å². The van der Waals surface area contributed by atoms with Gasteiger partial charge < -0.3 is 5.73 Å². The minimum atomic E-state index is 0. The number of aliphatic imine (C=N–C) groups is 1. The van der Waals surface area contributed by atoms with E-state index in [0.29, 0.717) is 15.9 Å². The zero-order valence-electron chi connectivity index (χ0n) is 10.2. The van der Waals surface area contributed by atoms with Gasteiger partial charge in [0.1, 0.15) is 0 Å². The molecule has 1 aromatic carbocycles. The van der Waals surface area contributed by atoms with Gasteiger partial charge in [-0.2, -0.15) is 0 Å². The van der Waals surface area contributed by atoms with Gasteiger partial charge in [-0.15, -0.1) is 12.4 Å². The van der Waals surface area contributed by atoms with E-state index in [1.54, 1.807) is 18.3 Å². The van der Waals surface area contributed by atoms with E-state index in [9.17, 15) is 0 Å². The summed E-state index contributed by atoms with van der Waals surface area (Å²) in [5, 5.41) is 1.09. The molecule has 0 atom stereocenters. The van der Waals surface area contributed by atoms with Crippen LogP contribution in [0, 0.1) is 0 Å². The summed E-state index contributed by atoms with van der Waals surface area (Å²) in [5.74, 6) is 0.656. The maximum Gasteiger partial charge on any atom is 0.0988 e. The quantitative estimate of drug-likeness (QED) is 0.607. The first-order valence-corrected chi connectivity index (χ1v) is 6.33. The summed E-state index contributed by atoms with van der Waals surface area (Å²) < 4.78 is 0. The van der Waals surface area contributed by atoms with E-state index in [-0.39, 0.29) is 12.4 Å². The van der Waals surface area contributed by atoms with Crippen molar-refractivity contribution in [1.29, 1.82) is 0 Å². The molecule has 0 amide bonds. The summed E-state index contributed by atoms with van der Waals surface area (Å²) in [4.78, 5) is 4.15. The Balaban J connectivity index is 0.00000289. The van der Waals surface area contributed by atoms with Gasteiger partial charge in [-0.3, -0.25) is 0 Å². The van der Waals surface area contributed by atoms with Gasteiger partial charge in [-0.05, 0) is 30.2 Å². The molecule has 1 rings (SSSR count). The fourth-order valence-corrected chi connectivity index (χ4v) is 1.56. The largest absolute Gasteiger partial charge is 0.387 e. The van der Waals surface area contributed by atoms with E-state index in [2.05, 4.69) is 11.9 Å². The van der Waals surface area contributed by atoms with E-state index < -0.39 is 0 Å². The van der Waals surface area contributed by atoms with Crippen LogP contribution in [-0.2, 0) is 0 Å². The van der Waals surface area contributed by atoms with Crippen LogP contribution >= 0.6 is 35.6 Å². The van der Waals surface area contributed by atoms with Gasteiger partial charge in [0.05, 0.1) is 15.9 Å². The van der Waals surface area contributed by atoms with Crippen molar-refractivity contribution in [3.8, 4) is 0 Å². The van der Waals surface area contributed by atoms with E-state index in [1.807, 2.05) is 12.1 Å². The SMILES string of the molecule is CCCCC(N)=NC=Cc1ccc(Cl)c(Cl)c1.Cl. The average Bonchev–Trinajstić information content (AvgIpc) is 2.31. The van der Waals surface area contributed by atoms with Gasteiger partial charge in [-0.25, -0.2) is 4.99 Å². The Bertz CT molecular complexity index is 428. The molecule has 2 N–H and O–H groups in total. The first-order chi connectivity index (χ1) is 8.13. The van der Waals surface area contributed by atoms with Crippen molar-refractivity contribution in [2.45, 2.75) is 26.2 Å². The summed E-state index contributed by atoms with van der Waals surface area (Å²) in [6, 6.07) is 5.42. The lowest BCUT2D eigenvalue weighted by Gasteiger charge is -1.97. The molecule has 0 aromatic heterocycles. The van der Waals surface area contributed by atoms with Crippen LogP contribution in [0.5, 0.6) is 0 Å². The fourth-order valence-electron chi connectivity index (χ4n) is 1.26. The highest BCUT2D eigenvalue weighted by Gasteiger charge is 1.96. The first kappa shape index (κ1) is 17.3. The zero-order chi connectivity index (χ0) is 12.7. The van der Waals surface area contributed by atoms with Crippen LogP contribution in [0.1, 0.15) is 31.7 Å². The van der Waals surface area contributed by atoms with Gasteiger partial charge in [0.15, 0.2) is 0 Å². The van der Waals surface area contributed by atoms with Crippen molar-refractivity contribution in [2.24, 2.45) is 10.7 Å². The Labute approximate surface area is 124 Å². The fraction of sp³-hybridized carbons (Fsp3) is 0.308. The molecule has 0 aliphatic rings. The third kappa shape index (κ3) is 6.29. The second-order valence-corrected chi connectivity index (χ2v) is 4.53. The van der Waals surface area contributed by atoms with Gasteiger partial charge in [0.25, 0.3) is 0 Å². The molecule has 0 aliphatic carbocycles. The summed E-state index contributed by atoms with van der Waals surface area (Å²) in [6.07, 6.45) is 6.55. The molecule has 0 unspecified atom stereocenters. The normalized spacial score (nSPS) is 11.6. The molecule has 1 aromatic rings. The number of amidine groups is 1. The first-order valence-electron chi connectivity index (χ1n) is 5.57. The third-order valence-electron chi connectivity index (χ3n) is 2.24. The highest BCUT2D eigenvalue weighted by molar-refractivity contribution is 6.42. The van der Waals surface area contributed by atoms with E-state index in [1.165, 1.54) is 0 Å². The molecule has 0 radical (unpaired) electrons. The highest BCUT2D eigenvalue weighted by atomic mass is 35.5. The molecule has 0 spiro atoms. The van der Waals surface area contributed by atoms with Crippen molar-refractivity contribution in [3.63, 3.8) is 0 Å². The number of hydrogen-bond acceptors (Lipinski definition) is 1. The summed E-state index contributed by atoms with van der Waals surface area (Å²) >= 11 is 11.7. The second-order valence-electron chi connectivity index (χ2n) is 3.71. The maximum atomic E-state index is 5.90. The van der Waals surface area contributed by atoms with E-state index >= 15 is 0 Å². The molecule has 18 heavy (non-hydrogen) atoms. The molecule has 5 heteroatoms. The minimum Gasteiger partial charge on any atom is -0.387 e. The van der Waals surface area contributed by atoms with Crippen LogP contribution in [0.15, 0.2) is 29.4 Å². The molecule has 0 heterocycles. The van der Waals surface area contributed by atoms with Crippen molar-refractivity contribution < 1.29 is 0 Å². The van der Waals surface area contributed by atoms with Crippen LogP contribution in [0.3, 0.4) is 0 Å². The topological polar surface area (TPSA) is 38.4 Å². The minimum absolute atomic E-state index is 0. The molecule has 0 saturated carbocycles. The molecular weight excluding hydrogens is 291 g/mol. The number of halogens is 3. The smallest absolute Gasteiger partial charge is 0.0988 e. The van der Waals surface area contributed by atoms with Gasteiger partial charge >= 0.3 is 0 Å².